The molecule has 0 N–H and O–H groups in total. The number of ketones is 1. The molecule has 2 nitrogen and oxygen atoms in total. The zero-order chi connectivity index (χ0) is 12.6. The van der Waals surface area contributed by atoms with E-state index in [1.807, 2.05) is 6.92 Å². The van der Waals surface area contributed by atoms with Gasteiger partial charge in [0, 0.05) is 29.4 Å². The molecule has 1 aliphatic heterocycles. The lowest BCUT2D eigenvalue weighted by Crippen LogP contribution is -2.47. The zero-order valence-corrected chi connectivity index (χ0v) is 12.1. The molecule has 0 amide bonds. The van der Waals surface area contributed by atoms with E-state index >= 15 is 0 Å². The van der Waals surface area contributed by atoms with E-state index in [0.717, 1.165) is 11.0 Å². The van der Waals surface area contributed by atoms with Crippen LogP contribution in [0.2, 0.25) is 0 Å². The lowest BCUT2D eigenvalue weighted by atomic mass is 9.90. The second kappa shape index (κ2) is 4.81. The predicted octanol–water partition coefficient (Wildman–Crippen LogP) is 3.56. The molecule has 1 aromatic carbocycles. The van der Waals surface area contributed by atoms with Crippen LogP contribution in [0.5, 0.6) is 0 Å². The van der Waals surface area contributed by atoms with Crippen LogP contribution in [0.15, 0.2) is 22.7 Å². The van der Waals surface area contributed by atoms with Gasteiger partial charge in [-0.15, -0.1) is 0 Å². The molecule has 2 atom stereocenters. The molecule has 1 aliphatic rings. The maximum Gasteiger partial charge on any atom is 0.139 e. The molecular weight excluding hydrogens is 278 g/mol. The van der Waals surface area contributed by atoms with Crippen LogP contribution < -0.4 is 4.90 Å². The van der Waals surface area contributed by atoms with Gasteiger partial charge in [0.25, 0.3) is 0 Å². The average Bonchev–Trinajstić information content (AvgIpc) is 2.30. The van der Waals surface area contributed by atoms with E-state index in [1.165, 1.54) is 11.3 Å². The third kappa shape index (κ3) is 2.39. The highest BCUT2D eigenvalue weighted by molar-refractivity contribution is 9.10. The summed E-state index contributed by atoms with van der Waals surface area (Å²) in [5, 5.41) is 0. The zero-order valence-electron chi connectivity index (χ0n) is 10.5. The number of piperidine rings is 1. The van der Waals surface area contributed by atoms with Crippen molar-refractivity contribution in [2.45, 2.75) is 33.2 Å². The largest absolute Gasteiger partial charge is 0.367 e. The van der Waals surface area contributed by atoms with Crippen molar-refractivity contribution >= 4 is 27.4 Å². The quantitative estimate of drug-likeness (QED) is 0.789. The molecule has 0 spiro atoms. The molecule has 0 aliphatic carbocycles. The van der Waals surface area contributed by atoms with Crippen molar-refractivity contribution in [3.8, 4) is 0 Å². The van der Waals surface area contributed by atoms with Crippen LogP contribution in [-0.2, 0) is 4.79 Å². The fourth-order valence-corrected chi connectivity index (χ4v) is 2.86. The van der Waals surface area contributed by atoms with Gasteiger partial charge in [0.1, 0.15) is 5.78 Å². The predicted molar refractivity (Wildman–Crippen MR) is 74.5 cm³/mol. The Hall–Kier alpha value is -0.830. The van der Waals surface area contributed by atoms with Gasteiger partial charge in [-0.05, 0) is 47.5 Å². The first-order chi connectivity index (χ1) is 8.00. The first-order valence-corrected chi connectivity index (χ1v) is 6.85. The Morgan fingerprint density at radius 3 is 2.76 bits per heavy atom. The number of halogens is 1. The summed E-state index contributed by atoms with van der Waals surface area (Å²) in [7, 11) is 0. The van der Waals surface area contributed by atoms with Crippen molar-refractivity contribution in [1.82, 2.24) is 0 Å². The first-order valence-electron chi connectivity index (χ1n) is 6.06. The summed E-state index contributed by atoms with van der Waals surface area (Å²) in [6.45, 7) is 7.09. The molecule has 92 valence electrons. The molecule has 3 heteroatoms. The normalized spacial score (nSPS) is 25.2. The molecule has 1 saturated heterocycles. The Morgan fingerprint density at radius 1 is 1.35 bits per heavy atom. The van der Waals surface area contributed by atoms with E-state index in [2.05, 4.69) is 52.9 Å². The number of carbonyl (C=O) groups is 1. The van der Waals surface area contributed by atoms with Gasteiger partial charge in [0.15, 0.2) is 0 Å². The lowest BCUT2D eigenvalue weighted by molar-refractivity contribution is -0.123. The highest BCUT2D eigenvalue weighted by Gasteiger charge is 2.31. The summed E-state index contributed by atoms with van der Waals surface area (Å²) in [4.78, 5) is 14.0. The summed E-state index contributed by atoms with van der Waals surface area (Å²) >= 11 is 3.60. The molecule has 1 heterocycles. The van der Waals surface area contributed by atoms with E-state index in [1.54, 1.807) is 0 Å². The third-order valence-corrected chi connectivity index (χ3v) is 4.40. The fourth-order valence-electron chi connectivity index (χ4n) is 2.38. The molecule has 2 unspecified atom stereocenters. The minimum absolute atomic E-state index is 0.121. The Balaban J connectivity index is 2.33. The maximum atomic E-state index is 11.7. The molecule has 0 bridgehead atoms. The molecule has 17 heavy (non-hydrogen) atoms. The van der Waals surface area contributed by atoms with Gasteiger partial charge in [-0.25, -0.2) is 0 Å². The number of Topliss-reactive ketones (excluding diaryl/α,β-unsaturated/α-hetero) is 1. The topological polar surface area (TPSA) is 20.3 Å². The number of aryl methyl sites for hydroxylation is 1. The van der Waals surface area contributed by atoms with Crippen molar-refractivity contribution in [3.63, 3.8) is 0 Å². The summed E-state index contributed by atoms with van der Waals surface area (Å²) in [6.07, 6.45) is 0.659. The minimum atomic E-state index is 0.121. The number of rotatable bonds is 1. The third-order valence-electron chi connectivity index (χ3n) is 3.73. The molecule has 0 aromatic heterocycles. The molecular formula is C14H18BrNO. The van der Waals surface area contributed by atoms with Gasteiger partial charge in [0.2, 0.25) is 0 Å². The highest BCUT2D eigenvalue weighted by Crippen LogP contribution is 2.33. The Bertz CT molecular complexity index is 444. The van der Waals surface area contributed by atoms with Gasteiger partial charge < -0.3 is 4.90 Å². The van der Waals surface area contributed by atoms with Crippen LogP contribution in [0, 0.1) is 12.8 Å². The molecule has 2 rings (SSSR count). The van der Waals surface area contributed by atoms with E-state index in [9.17, 15) is 4.79 Å². The van der Waals surface area contributed by atoms with Crippen molar-refractivity contribution in [2.75, 3.05) is 11.4 Å². The smallest absolute Gasteiger partial charge is 0.139 e. The van der Waals surface area contributed by atoms with Crippen LogP contribution in [0.3, 0.4) is 0 Å². The summed E-state index contributed by atoms with van der Waals surface area (Å²) in [5.41, 5.74) is 2.46. The number of nitrogens with zero attached hydrogens (tertiary/aromatic N) is 1. The molecule has 1 fully saturated rings. The Kier molecular flexibility index (Phi) is 3.57. The van der Waals surface area contributed by atoms with E-state index in [4.69, 9.17) is 0 Å². The standard InChI is InChI=1S/C14H18BrNO/c1-9-4-5-12(15)13(8-9)16-7-6-14(17)10(2)11(16)3/h4-5,8,10-11H,6-7H2,1-3H3. The van der Waals surface area contributed by atoms with Gasteiger partial charge in [-0.2, -0.15) is 0 Å². The van der Waals surface area contributed by atoms with Crippen LogP contribution in [-0.4, -0.2) is 18.4 Å². The fraction of sp³-hybridized carbons (Fsp3) is 0.500. The van der Waals surface area contributed by atoms with E-state index in [0.29, 0.717) is 12.2 Å². The van der Waals surface area contributed by atoms with Crippen molar-refractivity contribution in [1.29, 1.82) is 0 Å². The summed E-state index contributed by atoms with van der Waals surface area (Å²) < 4.78 is 1.11. The van der Waals surface area contributed by atoms with Crippen molar-refractivity contribution in [2.24, 2.45) is 5.92 Å². The van der Waals surface area contributed by atoms with Crippen LogP contribution in [0.4, 0.5) is 5.69 Å². The van der Waals surface area contributed by atoms with Crippen LogP contribution in [0.25, 0.3) is 0 Å². The van der Waals surface area contributed by atoms with Crippen molar-refractivity contribution < 1.29 is 4.79 Å². The van der Waals surface area contributed by atoms with Gasteiger partial charge >= 0.3 is 0 Å². The highest BCUT2D eigenvalue weighted by atomic mass is 79.9. The van der Waals surface area contributed by atoms with Crippen molar-refractivity contribution in [3.05, 3.63) is 28.2 Å². The second-order valence-corrected chi connectivity index (χ2v) is 5.75. The maximum absolute atomic E-state index is 11.7. The summed E-state index contributed by atoms with van der Waals surface area (Å²) in [5.74, 6) is 0.508. The Labute approximate surface area is 111 Å². The van der Waals surface area contributed by atoms with Gasteiger partial charge in [-0.3, -0.25) is 4.79 Å². The van der Waals surface area contributed by atoms with Crippen LogP contribution >= 0.6 is 15.9 Å². The van der Waals surface area contributed by atoms with Crippen LogP contribution in [0.1, 0.15) is 25.8 Å². The average molecular weight is 296 g/mol. The van der Waals surface area contributed by atoms with E-state index < -0.39 is 0 Å². The monoisotopic (exact) mass is 295 g/mol. The summed E-state index contributed by atoms with van der Waals surface area (Å²) in [6, 6.07) is 6.63. The Morgan fingerprint density at radius 2 is 2.06 bits per heavy atom. The van der Waals surface area contributed by atoms with Gasteiger partial charge in [-0.1, -0.05) is 13.0 Å². The van der Waals surface area contributed by atoms with E-state index in [-0.39, 0.29) is 12.0 Å². The molecule has 0 saturated carbocycles. The number of carbonyl (C=O) groups excluding carboxylic acids is 1. The number of anilines is 1. The molecule has 0 radical (unpaired) electrons. The lowest BCUT2D eigenvalue weighted by Gasteiger charge is -2.39. The minimum Gasteiger partial charge on any atom is -0.367 e. The van der Waals surface area contributed by atoms with Gasteiger partial charge in [0.05, 0.1) is 5.69 Å². The number of hydrogen-bond acceptors (Lipinski definition) is 2. The number of benzene rings is 1. The molecule has 1 aromatic rings. The first kappa shape index (κ1) is 12.6. The SMILES string of the molecule is Cc1ccc(Br)c(N2CCC(=O)C(C)C2C)c1. The number of hydrogen-bond donors (Lipinski definition) is 0. The second-order valence-electron chi connectivity index (χ2n) is 4.89.